The summed E-state index contributed by atoms with van der Waals surface area (Å²) in [4.78, 5) is 12.8. The number of rotatable bonds is 7. The Balaban J connectivity index is 1.58. The molecule has 31 heavy (non-hydrogen) atoms. The van der Waals surface area contributed by atoms with E-state index in [9.17, 15) is 13.2 Å². The van der Waals surface area contributed by atoms with Crippen molar-refractivity contribution in [2.24, 2.45) is 0 Å². The SMILES string of the molecule is COc1cc2c(cc1S(=O)(=O)Nc1ccccc1C(=O)NC[C@H]1CCCO1)CCCC2. The van der Waals surface area contributed by atoms with Crippen molar-refractivity contribution in [2.75, 3.05) is 25.0 Å². The predicted octanol–water partition coefficient (Wildman–Crippen LogP) is 3.28. The Labute approximate surface area is 183 Å². The van der Waals surface area contributed by atoms with Gasteiger partial charge in [0.05, 0.1) is 24.5 Å². The number of ether oxygens (including phenoxy) is 2. The molecule has 0 bridgehead atoms. The number of carbonyl (C=O) groups excluding carboxylic acids is 1. The minimum Gasteiger partial charge on any atom is -0.495 e. The highest BCUT2D eigenvalue weighted by atomic mass is 32.2. The number of amides is 1. The number of hydrogen-bond acceptors (Lipinski definition) is 5. The minimum atomic E-state index is -3.96. The molecule has 2 aromatic carbocycles. The number of fused-ring (bicyclic) bond motifs is 1. The van der Waals surface area contributed by atoms with Crippen LogP contribution in [0.1, 0.15) is 47.2 Å². The zero-order chi connectivity index (χ0) is 21.8. The van der Waals surface area contributed by atoms with Crippen molar-refractivity contribution < 1.29 is 22.7 Å². The average Bonchev–Trinajstić information content (AvgIpc) is 3.30. The van der Waals surface area contributed by atoms with Crippen molar-refractivity contribution in [1.82, 2.24) is 5.32 Å². The van der Waals surface area contributed by atoms with Gasteiger partial charge in [-0.05, 0) is 73.9 Å². The van der Waals surface area contributed by atoms with Crippen molar-refractivity contribution in [3.05, 3.63) is 53.1 Å². The molecular weight excluding hydrogens is 416 g/mol. The molecule has 8 heteroatoms. The third-order valence-electron chi connectivity index (χ3n) is 5.85. The van der Waals surface area contributed by atoms with Gasteiger partial charge in [0.1, 0.15) is 10.6 Å². The van der Waals surface area contributed by atoms with Crippen LogP contribution in [0, 0.1) is 0 Å². The van der Waals surface area contributed by atoms with E-state index in [1.807, 2.05) is 6.07 Å². The van der Waals surface area contributed by atoms with Crippen LogP contribution >= 0.6 is 0 Å². The third kappa shape index (κ3) is 4.85. The summed E-state index contributed by atoms with van der Waals surface area (Å²) in [5.74, 6) is -0.0281. The predicted molar refractivity (Wildman–Crippen MR) is 118 cm³/mol. The maximum absolute atomic E-state index is 13.3. The van der Waals surface area contributed by atoms with Crippen LogP contribution in [-0.4, -0.2) is 40.7 Å². The number of para-hydroxylation sites is 1. The number of sulfonamides is 1. The molecule has 0 unspecified atom stereocenters. The first-order valence-electron chi connectivity index (χ1n) is 10.7. The first kappa shape index (κ1) is 21.6. The van der Waals surface area contributed by atoms with Gasteiger partial charge in [-0.3, -0.25) is 9.52 Å². The normalized spacial score (nSPS) is 18.3. The van der Waals surface area contributed by atoms with E-state index in [-0.39, 0.29) is 28.2 Å². The number of methoxy groups -OCH3 is 1. The Bertz CT molecular complexity index is 1060. The van der Waals surface area contributed by atoms with E-state index in [1.54, 1.807) is 30.3 Å². The number of carbonyl (C=O) groups is 1. The molecule has 1 amide bonds. The fourth-order valence-corrected chi connectivity index (χ4v) is 5.47. The van der Waals surface area contributed by atoms with Gasteiger partial charge in [0.15, 0.2) is 0 Å². The molecule has 0 spiro atoms. The fraction of sp³-hybridized carbons (Fsp3) is 0.435. The summed E-state index contributed by atoms with van der Waals surface area (Å²) in [6.45, 7) is 1.11. The van der Waals surface area contributed by atoms with E-state index in [4.69, 9.17) is 9.47 Å². The lowest BCUT2D eigenvalue weighted by Crippen LogP contribution is -2.32. The molecule has 0 radical (unpaired) electrons. The van der Waals surface area contributed by atoms with Gasteiger partial charge in [0.25, 0.3) is 15.9 Å². The second-order valence-corrected chi connectivity index (χ2v) is 9.63. The molecule has 2 N–H and O–H groups in total. The molecule has 166 valence electrons. The summed E-state index contributed by atoms with van der Waals surface area (Å²) >= 11 is 0. The molecule has 0 aromatic heterocycles. The van der Waals surface area contributed by atoms with Crippen LogP contribution in [0.25, 0.3) is 0 Å². The highest BCUT2D eigenvalue weighted by Crippen LogP contribution is 2.33. The number of anilines is 1. The molecule has 1 aliphatic carbocycles. The van der Waals surface area contributed by atoms with Crippen LogP contribution in [0.15, 0.2) is 41.3 Å². The van der Waals surface area contributed by atoms with Gasteiger partial charge in [0.2, 0.25) is 0 Å². The summed E-state index contributed by atoms with van der Waals surface area (Å²) in [5.41, 5.74) is 2.67. The molecular formula is C23H28N2O5S. The van der Waals surface area contributed by atoms with Gasteiger partial charge < -0.3 is 14.8 Å². The van der Waals surface area contributed by atoms with Gasteiger partial charge in [-0.1, -0.05) is 12.1 Å². The largest absolute Gasteiger partial charge is 0.495 e. The van der Waals surface area contributed by atoms with E-state index in [0.717, 1.165) is 49.7 Å². The van der Waals surface area contributed by atoms with Crippen molar-refractivity contribution in [2.45, 2.75) is 49.5 Å². The number of aryl methyl sites for hydroxylation is 2. The summed E-state index contributed by atoms with van der Waals surface area (Å²) in [5, 5.41) is 2.85. The molecule has 4 rings (SSSR count). The lowest BCUT2D eigenvalue weighted by Gasteiger charge is -2.20. The van der Waals surface area contributed by atoms with Crippen LogP contribution in [-0.2, 0) is 27.6 Å². The molecule has 2 aromatic rings. The van der Waals surface area contributed by atoms with Crippen molar-refractivity contribution >= 4 is 21.6 Å². The fourth-order valence-electron chi connectivity index (χ4n) is 4.19. The van der Waals surface area contributed by atoms with Gasteiger partial charge in [-0.25, -0.2) is 8.42 Å². The molecule has 1 aliphatic heterocycles. The molecule has 1 heterocycles. The van der Waals surface area contributed by atoms with E-state index in [1.165, 1.54) is 7.11 Å². The van der Waals surface area contributed by atoms with Crippen LogP contribution in [0.3, 0.4) is 0 Å². The first-order chi connectivity index (χ1) is 15.0. The van der Waals surface area contributed by atoms with Gasteiger partial charge >= 0.3 is 0 Å². The summed E-state index contributed by atoms with van der Waals surface area (Å²) in [6, 6.07) is 10.1. The number of hydrogen-bond donors (Lipinski definition) is 2. The smallest absolute Gasteiger partial charge is 0.265 e. The highest BCUT2D eigenvalue weighted by molar-refractivity contribution is 7.92. The zero-order valence-corrected chi connectivity index (χ0v) is 18.5. The average molecular weight is 445 g/mol. The van der Waals surface area contributed by atoms with E-state index in [0.29, 0.717) is 18.9 Å². The van der Waals surface area contributed by atoms with Crippen molar-refractivity contribution in [1.29, 1.82) is 0 Å². The Morgan fingerprint density at radius 1 is 1.13 bits per heavy atom. The van der Waals surface area contributed by atoms with Crippen LogP contribution in [0.5, 0.6) is 5.75 Å². The van der Waals surface area contributed by atoms with Crippen LogP contribution < -0.4 is 14.8 Å². The maximum Gasteiger partial charge on any atom is 0.265 e. The molecule has 0 saturated carbocycles. The van der Waals surface area contributed by atoms with Crippen molar-refractivity contribution in [3.63, 3.8) is 0 Å². The van der Waals surface area contributed by atoms with Crippen molar-refractivity contribution in [3.8, 4) is 5.75 Å². The second-order valence-electron chi connectivity index (χ2n) is 7.98. The number of nitrogens with one attached hydrogen (secondary N) is 2. The maximum atomic E-state index is 13.3. The van der Waals surface area contributed by atoms with E-state index < -0.39 is 10.0 Å². The Morgan fingerprint density at radius 3 is 2.58 bits per heavy atom. The lowest BCUT2D eigenvalue weighted by molar-refractivity contribution is 0.0858. The van der Waals surface area contributed by atoms with Gasteiger partial charge in [0, 0.05) is 13.2 Å². The first-order valence-corrected chi connectivity index (χ1v) is 12.2. The van der Waals surface area contributed by atoms with Gasteiger partial charge in [-0.2, -0.15) is 0 Å². The quantitative estimate of drug-likeness (QED) is 0.684. The monoisotopic (exact) mass is 444 g/mol. The standard InChI is InChI=1S/C23H28N2O5S/c1-29-21-13-16-7-2-3-8-17(16)14-22(21)31(27,28)25-20-11-5-4-10-19(20)23(26)24-15-18-9-6-12-30-18/h4-5,10-11,13-14,18,25H,2-3,6-9,12,15H2,1H3,(H,24,26)/t18-/m1/s1. The Hall–Kier alpha value is -2.58. The lowest BCUT2D eigenvalue weighted by atomic mass is 9.92. The topological polar surface area (TPSA) is 93.7 Å². The van der Waals surface area contributed by atoms with E-state index >= 15 is 0 Å². The van der Waals surface area contributed by atoms with Crippen LogP contribution in [0.2, 0.25) is 0 Å². The molecule has 1 atom stereocenters. The zero-order valence-electron chi connectivity index (χ0n) is 17.6. The summed E-state index contributed by atoms with van der Waals surface area (Å²) in [6.07, 6.45) is 5.81. The third-order valence-corrected chi connectivity index (χ3v) is 7.23. The summed E-state index contributed by atoms with van der Waals surface area (Å²) in [7, 11) is -2.49. The Morgan fingerprint density at radius 2 is 1.87 bits per heavy atom. The second kappa shape index (κ2) is 9.28. The number of benzene rings is 2. The molecule has 1 saturated heterocycles. The van der Waals surface area contributed by atoms with E-state index in [2.05, 4.69) is 10.0 Å². The van der Waals surface area contributed by atoms with Gasteiger partial charge in [-0.15, -0.1) is 0 Å². The van der Waals surface area contributed by atoms with Crippen LogP contribution in [0.4, 0.5) is 5.69 Å². The molecule has 1 fully saturated rings. The summed E-state index contributed by atoms with van der Waals surface area (Å²) < 4.78 is 40.1. The molecule has 7 nitrogen and oxygen atoms in total. The molecule has 2 aliphatic rings. The highest BCUT2D eigenvalue weighted by Gasteiger charge is 2.25. The Kier molecular flexibility index (Phi) is 6.48. The minimum absolute atomic E-state index is 0.00700.